The smallest absolute Gasteiger partial charge is 0.176 e. The van der Waals surface area contributed by atoms with Crippen LogP contribution in [-0.2, 0) is 6.54 Å². The summed E-state index contributed by atoms with van der Waals surface area (Å²) in [6.45, 7) is 10.6. The number of nitrogens with zero attached hydrogens (tertiary/aromatic N) is 3. The first-order valence-electron chi connectivity index (χ1n) is 13.3. The maximum atomic E-state index is 12.7. The number of allylic oxidation sites excluding steroid dienone is 4. The number of aliphatic hydroxyl groups is 1. The molecule has 0 radical (unpaired) electrons. The molecule has 1 saturated heterocycles. The maximum Gasteiger partial charge on any atom is 0.176 e. The van der Waals surface area contributed by atoms with Gasteiger partial charge in [-0.1, -0.05) is 43.4 Å². The zero-order valence-electron chi connectivity index (χ0n) is 23.1. The number of anilines is 1. The Balaban J connectivity index is 0.00000112. The molecule has 1 aliphatic rings. The van der Waals surface area contributed by atoms with Crippen molar-refractivity contribution in [2.75, 3.05) is 31.6 Å². The van der Waals surface area contributed by atoms with Gasteiger partial charge in [0.15, 0.2) is 5.78 Å². The summed E-state index contributed by atoms with van der Waals surface area (Å²) in [5, 5.41) is 14.2. The highest BCUT2D eigenvalue weighted by atomic mass is 16.5. The SMILES string of the molecule is C/C=C\C.CC=Nc1cc(N2CCCCC2)n(C/C=C/CC)c1C(O)NCC(=O)c1cccc(OC)c1. The zero-order valence-corrected chi connectivity index (χ0v) is 23.1. The first-order chi connectivity index (χ1) is 18.0. The van der Waals surface area contributed by atoms with Crippen LogP contribution in [0.2, 0.25) is 0 Å². The largest absolute Gasteiger partial charge is 0.497 e. The molecule has 1 aromatic heterocycles. The average Bonchev–Trinajstić information content (AvgIpc) is 3.30. The molecule has 2 heterocycles. The number of methoxy groups -OCH3 is 1. The van der Waals surface area contributed by atoms with Crippen molar-refractivity contribution in [3.8, 4) is 5.75 Å². The van der Waals surface area contributed by atoms with Gasteiger partial charge in [0.2, 0.25) is 0 Å². The number of aromatic nitrogens is 1. The molecule has 1 unspecified atom stereocenters. The van der Waals surface area contributed by atoms with Gasteiger partial charge in [-0.25, -0.2) is 0 Å². The summed E-state index contributed by atoms with van der Waals surface area (Å²) in [6, 6.07) is 9.09. The first kappa shape index (κ1) is 30.1. The highest BCUT2D eigenvalue weighted by Crippen LogP contribution is 2.35. The van der Waals surface area contributed by atoms with Crippen molar-refractivity contribution in [2.24, 2.45) is 4.99 Å². The Morgan fingerprint density at radius 3 is 2.49 bits per heavy atom. The van der Waals surface area contributed by atoms with E-state index < -0.39 is 6.23 Å². The minimum absolute atomic E-state index is 0.00135. The van der Waals surface area contributed by atoms with E-state index in [0.717, 1.165) is 43.9 Å². The molecule has 1 fully saturated rings. The molecule has 1 aromatic carbocycles. The molecule has 0 amide bonds. The van der Waals surface area contributed by atoms with Crippen molar-refractivity contribution >= 4 is 23.5 Å². The van der Waals surface area contributed by atoms with Crippen molar-refractivity contribution in [3.05, 3.63) is 65.9 Å². The topological polar surface area (TPSA) is 79.1 Å². The van der Waals surface area contributed by atoms with Crippen LogP contribution in [0.3, 0.4) is 0 Å². The number of aliphatic imine (C=N–C) groups is 1. The summed E-state index contributed by atoms with van der Waals surface area (Å²) < 4.78 is 7.33. The van der Waals surface area contributed by atoms with Crippen molar-refractivity contribution in [1.82, 2.24) is 9.88 Å². The number of hydrogen-bond donors (Lipinski definition) is 2. The predicted octanol–water partition coefficient (Wildman–Crippen LogP) is 6.22. The molecule has 7 heteroatoms. The van der Waals surface area contributed by atoms with Crippen molar-refractivity contribution in [2.45, 2.75) is 66.2 Å². The number of rotatable bonds is 11. The summed E-state index contributed by atoms with van der Waals surface area (Å²) in [5.74, 6) is 1.57. The molecule has 1 aliphatic heterocycles. The van der Waals surface area contributed by atoms with E-state index in [9.17, 15) is 9.90 Å². The third-order valence-corrected chi connectivity index (χ3v) is 6.17. The minimum Gasteiger partial charge on any atom is -0.497 e. The lowest BCUT2D eigenvalue weighted by Crippen LogP contribution is -2.33. The van der Waals surface area contributed by atoms with Gasteiger partial charge in [0.1, 0.15) is 17.8 Å². The Morgan fingerprint density at radius 2 is 1.86 bits per heavy atom. The van der Waals surface area contributed by atoms with E-state index in [1.54, 1.807) is 37.6 Å². The van der Waals surface area contributed by atoms with Crippen LogP contribution in [0.1, 0.15) is 75.7 Å². The number of benzene rings is 1. The Morgan fingerprint density at radius 1 is 1.14 bits per heavy atom. The molecule has 0 saturated carbocycles. The molecule has 37 heavy (non-hydrogen) atoms. The summed E-state index contributed by atoms with van der Waals surface area (Å²) in [4.78, 5) is 19.6. The van der Waals surface area contributed by atoms with Crippen LogP contribution in [-0.4, -0.2) is 48.4 Å². The number of piperidine rings is 1. The normalized spacial score (nSPS) is 14.8. The Labute approximate surface area is 222 Å². The van der Waals surface area contributed by atoms with Gasteiger partial charge >= 0.3 is 0 Å². The van der Waals surface area contributed by atoms with Gasteiger partial charge in [0.05, 0.1) is 25.0 Å². The second-order valence-electron chi connectivity index (χ2n) is 8.80. The standard InChI is InChI=1S/C26H36N4O3.C4H8/c1-4-6-8-16-30-24(29-14-9-7-10-15-29)18-22(27-5-2)25(30)26(32)28-19-23(31)20-12-11-13-21(17-20)33-3;1-3-4-2/h5-6,8,11-13,17-18,26,28,32H,4,7,9-10,14-16,19H2,1-3H3;3-4H,1-2H3/b8-6+,27-5?;4-3-. The van der Waals surface area contributed by atoms with Gasteiger partial charge in [0.25, 0.3) is 0 Å². The molecule has 2 aromatic rings. The highest BCUT2D eigenvalue weighted by Gasteiger charge is 2.25. The second-order valence-corrected chi connectivity index (χ2v) is 8.80. The Kier molecular flexibility index (Phi) is 13.5. The molecular weight excluding hydrogens is 464 g/mol. The van der Waals surface area contributed by atoms with E-state index in [1.165, 1.54) is 6.42 Å². The van der Waals surface area contributed by atoms with Crippen LogP contribution < -0.4 is 15.0 Å². The fourth-order valence-electron chi connectivity index (χ4n) is 4.17. The van der Waals surface area contributed by atoms with Gasteiger partial charge in [-0.3, -0.25) is 15.1 Å². The lowest BCUT2D eigenvalue weighted by Gasteiger charge is -2.30. The number of nitrogens with one attached hydrogen (secondary N) is 1. The summed E-state index contributed by atoms with van der Waals surface area (Å²) in [6.07, 6.45) is 13.5. The molecule has 0 spiro atoms. The van der Waals surface area contributed by atoms with Gasteiger partial charge in [0, 0.05) is 37.5 Å². The third-order valence-electron chi connectivity index (χ3n) is 6.17. The molecule has 7 nitrogen and oxygen atoms in total. The van der Waals surface area contributed by atoms with E-state index in [-0.39, 0.29) is 12.3 Å². The molecule has 2 N–H and O–H groups in total. The van der Waals surface area contributed by atoms with Crippen LogP contribution in [0.4, 0.5) is 11.5 Å². The second kappa shape index (κ2) is 16.6. The van der Waals surface area contributed by atoms with Crippen LogP contribution in [0.25, 0.3) is 0 Å². The number of ether oxygens (including phenoxy) is 1. The average molecular weight is 509 g/mol. The third kappa shape index (κ3) is 9.02. The van der Waals surface area contributed by atoms with Crippen LogP contribution in [0.5, 0.6) is 5.75 Å². The molecule has 3 rings (SSSR count). The van der Waals surface area contributed by atoms with Crippen molar-refractivity contribution < 1.29 is 14.6 Å². The minimum atomic E-state index is -1.04. The number of carbonyl (C=O) groups excluding carboxylic acids is 1. The summed E-state index contributed by atoms with van der Waals surface area (Å²) >= 11 is 0. The van der Waals surface area contributed by atoms with Gasteiger partial charge < -0.3 is 19.3 Å². The van der Waals surface area contributed by atoms with E-state index in [1.807, 2.05) is 32.9 Å². The van der Waals surface area contributed by atoms with E-state index in [0.29, 0.717) is 23.6 Å². The number of carbonyl (C=O) groups is 1. The maximum absolute atomic E-state index is 12.7. The molecule has 0 bridgehead atoms. The van der Waals surface area contributed by atoms with Gasteiger partial charge in [-0.2, -0.15) is 0 Å². The van der Waals surface area contributed by atoms with E-state index in [2.05, 4.69) is 44.9 Å². The van der Waals surface area contributed by atoms with Gasteiger partial charge in [-0.15, -0.1) is 0 Å². The monoisotopic (exact) mass is 508 g/mol. The fraction of sp³-hybridized carbons (Fsp3) is 0.467. The quantitative estimate of drug-likeness (QED) is 0.163. The summed E-state index contributed by atoms with van der Waals surface area (Å²) in [5.41, 5.74) is 1.93. The zero-order chi connectivity index (χ0) is 27.0. The molecule has 202 valence electrons. The van der Waals surface area contributed by atoms with Gasteiger partial charge in [-0.05, 0) is 58.6 Å². The number of ketones is 1. The lowest BCUT2D eigenvalue weighted by atomic mass is 10.1. The van der Waals surface area contributed by atoms with Crippen LogP contribution in [0, 0.1) is 0 Å². The highest BCUT2D eigenvalue weighted by molar-refractivity contribution is 5.98. The van der Waals surface area contributed by atoms with E-state index in [4.69, 9.17) is 4.74 Å². The fourth-order valence-corrected chi connectivity index (χ4v) is 4.17. The number of aliphatic hydroxyl groups excluding tert-OH is 1. The Bertz CT molecular complexity index is 1050. The summed E-state index contributed by atoms with van der Waals surface area (Å²) in [7, 11) is 1.57. The molecule has 0 aliphatic carbocycles. The van der Waals surface area contributed by atoms with Crippen LogP contribution in [0.15, 0.2) is 59.6 Å². The Hall–Kier alpha value is -3.16. The predicted molar refractivity (Wildman–Crippen MR) is 155 cm³/mol. The van der Waals surface area contributed by atoms with Crippen molar-refractivity contribution in [1.29, 1.82) is 0 Å². The van der Waals surface area contributed by atoms with E-state index >= 15 is 0 Å². The molecule has 1 atom stereocenters. The van der Waals surface area contributed by atoms with Crippen LogP contribution >= 0.6 is 0 Å². The first-order valence-corrected chi connectivity index (χ1v) is 13.3. The molecular formula is C30H44N4O3. The number of hydrogen-bond acceptors (Lipinski definition) is 6. The lowest BCUT2D eigenvalue weighted by molar-refractivity contribution is 0.0915. The van der Waals surface area contributed by atoms with Crippen molar-refractivity contribution in [3.63, 3.8) is 0 Å². The number of Topliss-reactive ketones (excluding diaryl/α,β-unsaturated/α-hetero) is 1.